The molecule has 0 spiro atoms. The Balaban J connectivity index is 2.00. The van der Waals surface area contributed by atoms with E-state index in [0.29, 0.717) is 0 Å². The van der Waals surface area contributed by atoms with E-state index >= 15 is 0 Å². The highest BCUT2D eigenvalue weighted by molar-refractivity contribution is 7.84. The van der Waals surface area contributed by atoms with Crippen LogP contribution in [0, 0.1) is 0 Å². The van der Waals surface area contributed by atoms with Crippen LogP contribution in [0.15, 0.2) is 24.5 Å². The predicted octanol–water partition coefficient (Wildman–Crippen LogP) is 2.72. The van der Waals surface area contributed by atoms with Crippen LogP contribution in [0.3, 0.4) is 0 Å². The SMILES string of the molecule is CC(C)(C)[S@@](=O)N[C@H](CCC1OCCCO1)c1cccnc1. The largest absolute Gasteiger partial charge is 0.353 e. The van der Waals surface area contributed by atoms with E-state index in [1.54, 1.807) is 6.20 Å². The molecule has 5 nitrogen and oxygen atoms in total. The van der Waals surface area contributed by atoms with Crippen molar-refractivity contribution in [1.29, 1.82) is 0 Å². The van der Waals surface area contributed by atoms with Gasteiger partial charge < -0.3 is 9.47 Å². The third-order valence-corrected chi connectivity index (χ3v) is 5.09. The van der Waals surface area contributed by atoms with E-state index in [0.717, 1.165) is 38.0 Å². The lowest BCUT2D eigenvalue weighted by molar-refractivity contribution is -0.182. The van der Waals surface area contributed by atoms with Crippen molar-refractivity contribution in [2.45, 2.75) is 57.1 Å². The number of ether oxygens (including phenoxy) is 2. The predicted molar refractivity (Wildman–Crippen MR) is 87.6 cm³/mol. The van der Waals surface area contributed by atoms with Gasteiger partial charge in [-0.15, -0.1) is 0 Å². The quantitative estimate of drug-likeness (QED) is 0.873. The normalized spacial score (nSPS) is 19.8. The Kier molecular flexibility index (Phi) is 6.50. The molecule has 1 N–H and O–H groups in total. The van der Waals surface area contributed by atoms with E-state index in [1.807, 2.05) is 39.1 Å². The van der Waals surface area contributed by atoms with Crippen molar-refractivity contribution in [3.05, 3.63) is 30.1 Å². The van der Waals surface area contributed by atoms with Crippen LogP contribution in [0.25, 0.3) is 0 Å². The van der Waals surface area contributed by atoms with Crippen molar-refractivity contribution in [2.24, 2.45) is 0 Å². The molecule has 0 radical (unpaired) electrons. The van der Waals surface area contributed by atoms with Crippen molar-refractivity contribution in [1.82, 2.24) is 9.71 Å². The summed E-state index contributed by atoms with van der Waals surface area (Å²) >= 11 is 0. The molecule has 2 atom stereocenters. The van der Waals surface area contributed by atoms with Crippen LogP contribution < -0.4 is 4.72 Å². The highest BCUT2D eigenvalue weighted by atomic mass is 32.2. The van der Waals surface area contributed by atoms with Gasteiger partial charge in [-0.25, -0.2) is 8.93 Å². The summed E-state index contributed by atoms with van der Waals surface area (Å²) in [6, 6.07) is 3.88. The molecule has 22 heavy (non-hydrogen) atoms. The molecular weight excluding hydrogens is 300 g/mol. The molecule has 1 aromatic rings. The standard InChI is InChI=1S/C16H26N2O3S/c1-16(2,3)22(19)18-14(13-6-4-9-17-12-13)7-8-15-20-10-5-11-21-15/h4,6,9,12,14-15,18H,5,7-8,10-11H2,1-3H3/t14-,22-/m1/s1. The lowest BCUT2D eigenvalue weighted by atomic mass is 10.0. The molecule has 1 aliphatic rings. The van der Waals surface area contributed by atoms with Crippen molar-refractivity contribution < 1.29 is 13.7 Å². The van der Waals surface area contributed by atoms with Gasteiger partial charge in [-0.1, -0.05) is 6.07 Å². The fourth-order valence-corrected chi connectivity index (χ4v) is 3.05. The average molecular weight is 326 g/mol. The summed E-state index contributed by atoms with van der Waals surface area (Å²) in [6.07, 6.45) is 5.92. The molecule has 0 bridgehead atoms. The number of hydrogen-bond acceptors (Lipinski definition) is 4. The fraction of sp³-hybridized carbons (Fsp3) is 0.688. The van der Waals surface area contributed by atoms with Gasteiger partial charge in [0.1, 0.15) is 0 Å². The van der Waals surface area contributed by atoms with Gasteiger partial charge in [-0.05, 0) is 45.2 Å². The molecule has 1 saturated heterocycles. The van der Waals surface area contributed by atoms with Crippen LogP contribution >= 0.6 is 0 Å². The van der Waals surface area contributed by atoms with Gasteiger partial charge in [-0.2, -0.15) is 0 Å². The molecule has 0 aliphatic carbocycles. The van der Waals surface area contributed by atoms with Gasteiger partial charge in [0.2, 0.25) is 0 Å². The van der Waals surface area contributed by atoms with Crippen molar-refractivity contribution >= 4 is 11.0 Å². The minimum atomic E-state index is -1.13. The first-order chi connectivity index (χ1) is 10.5. The molecule has 0 saturated carbocycles. The Morgan fingerprint density at radius 1 is 1.41 bits per heavy atom. The summed E-state index contributed by atoms with van der Waals surface area (Å²) in [7, 11) is -1.13. The zero-order chi connectivity index (χ0) is 16.0. The van der Waals surface area contributed by atoms with Gasteiger partial charge in [0, 0.05) is 24.9 Å². The fourth-order valence-electron chi connectivity index (χ4n) is 2.19. The zero-order valence-electron chi connectivity index (χ0n) is 13.6. The van der Waals surface area contributed by atoms with Crippen LogP contribution in [-0.4, -0.2) is 33.4 Å². The molecule has 0 amide bonds. The Labute approximate surface area is 135 Å². The molecule has 6 heteroatoms. The van der Waals surface area contributed by atoms with E-state index in [9.17, 15) is 4.21 Å². The first kappa shape index (κ1) is 17.5. The number of nitrogens with one attached hydrogen (secondary N) is 1. The van der Waals surface area contributed by atoms with E-state index in [2.05, 4.69) is 9.71 Å². The molecular formula is C16H26N2O3S. The topological polar surface area (TPSA) is 60.5 Å². The van der Waals surface area contributed by atoms with Crippen molar-refractivity contribution in [3.63, 3.8) is 0 Å². The van der Waals surface area contributed by atoms with Gasteiger partial charge in [0.15, 0.2) is 6.29 Å². The van der Waals surface area contributed by atoms with E-state index < -0.39 is 11.0 Å². The Hall–Kier alpha value is -0.820. The number of rotatable bonds is 6. The van der Waals surface area contributed by atoms with Gasteiger partial charge in [0.25, 0.3) is 0 Å². The Morgan fingerprint density at radius 3 is 2.73 bits per heavy atom. The molecule has 1 aliphatic heterocycles. The third kappa shape index (κ3) is 5.43. The van der Waals surface area contributed by atoms with E-state index in [4.69, 9.17) is 9.47 Å². The molecule has 0 unspecified atom stereocenters. The summed E-state index contributed by atoms with van der Waals surface area (Å²) in [5.74, 6) is 0. The molecule has 2 rings (SSSR count). The number of hydrogen-bond donors (Lipinski definition) is 1. The maximum absolute atomic E-state index is 12.4. The number of nitrogens with zero attached hydrogens (tertiary/aromatic N) is 1. The third-order valence-electron chi connectivity index (χ3n) is 3.48. The van der Waals surface area contributed by atoms with Gasteiger partial charge in [-0.3, -0.25) is 4.98 Å². The molecule has 0 aromatic carbocycles. The second kappa shape index (κ2) is 8.15. The maximum Gasteiger partial charge on any atom is 0.157 e. The molecule has 1 aromatic heterocycles. The lowest BCUT2D eigenvalue weighted by Crippen LogP contribution is -2.36. The second-order valence-corrected chi connectivity index (χ2v) is 8.44. The minimum Gasteiger partial charge on any atom is -0.353 e. The van der Waals surface area contributed by atoms with Crippen molar-refractivity contribution in [3.8, 4) is 0 Å². The Morgan fingerprint density at radius 2 is 2.14 bits per heavy atom. The van der Waals surface area contributed by atoms with Gasteiger partial charge in [0.05, 0.1) is 28.9 Å². The average Bonchev–Trinajstić information content (AvgIpc) is 2.52. The first-order valence-corrected chi connectivity index (χ1v) is 8.93. The number of aromatic nitrogens is 1. The molecule has 124 valence electrons. The Bertz CT molecular complexity index is 470. The monoisotopic (exact) mass is 326 g/mol. The first-order valence-electron chi connectivity index (χ1n) is 7.78. The summed E-state index contributed by atoms with van der Waals surface area (Å²) in [5, 5.41) is 0. The summed E-state index contributed by atoms with van der Waals surface area (Å²) < 4.78 is 26.5. The summed E-state index contributed by atoms with van der Waals surface area (Å²) in [6.45, 7) is 7.39. The van der Waals surface area contributed by atoms with Crippen LogP contribution in [0.5, 0.6) is 0 Å². The highest BCUT2D eigenvalue weighted by Gasteiger charge is 2.25. The van der Waals surface area contributed by atoms with Crippen molar-refractivity contribution in [2.75, 3.05) is 13.2 Å². The smallest absolute Gasteiger partial charge is 0.157 e. The van der Waals surface area contributed by atoms with Crippen LogP contribution in [0.4, 0.5) is 0 Å². The van der Waals surface area contributed by atoms with Crippen LogP contribution in [0.1, 0.15) is 51.6 Å². The van der Waals surface area contributed by atoms with E-state index in [1.165, 1.54) is 0 Å². The van der Waals surface area contributed by atoms with Crippen LogP contribution in [0.2, 0.25) is 0 Å². The maximum atomic E-state index is 12.4. The van der Waals surface area contributed by atoms with E-state index in [-0.39, 0.29) is 17.1 Å². The number of pyridine rings is 1. The second-order valence-electron chi connectivity index (χ2n) is 6.44. The van der Waals surface area contributed by atoms with Gasteiger partial charge >= 0.3 is 0 Å². The lowest BCUT2D eigenvalue weighted by Gasteiger charge is -2.27. The molecule has 2 heterocycles. The summed E-state index contributed by atoms with van der Waals surface area (Å²) in [4.78, 5) is 4.17. The molecule has 1 fully saturated rings. The summed E-state index contributed by atoms with van der Waals surface area (Å²) in [5.41, 5.74) is 1.04. The zero-order valence-corrected chi connectivity index (χ0v) is 14.4. The minimum absolute atomic E-state index is 0.0251. The van der Waals surface area contributed by atoms with Crippen LogP contribution in [-0.2, 0) is 20.5 Å². The highest BCUT2D eigenvalue weighted by Crippen LogP contribution is 2.23.